The van der Waals surface area contributed by atoms with E-state index in [-0.39, 0.29) is 69.8 Å². The Morgan fingerprint density at radius 1 is 0.442 bits per heavy atom. The number of carbonyl (C=O) groups excluding carboxylic acids is 6. The minimum Gasteiger partial charge on any atom is -0.444 e. The van der Waals surface area contributed by atoms with Gasteiger partial charge in [-0.25, -0.2) is 44.7 Å². The Morgan fingerprint density at radius 2 is 0.760 bits per heavy atom. The zero-order chi connectivity index (χ0) is 74.5. The number of pyridine rings is 8. The number of nitrogens with one attached hydrogen (secondary N) is 2. The topological polar surface area (TPSA) is 408 Å². The van der Waals surface area contributed by atoms with Gasteiger partial charge < -0.3 is 69.4 Å². The van der Waals surface area contributed by atoms with Crippen molar-refractivity contribution in [3.8, 4) is 0 Å². The van der Waals surface area contributed by atoms with Gasteiger partial charge in [0, 0.05) is 89.7 Å². The average molecular weight is 1430 g/mol. The molecule has 4 fully saturated rings. The van der Waals surface area contributed by atoms with E-state index in [1.54, 1.807) is 104 Å². The van der Waals surface area contributed by atoms with Crippen molar-refractivity contribution in [2.45, 2.75) is 90.0 Å². The van der Waals surface area contributed by atoms with Gasteiger partial charge in [0.25, 0.3) is 0 Å². The predicted octanol–water partition coefficient (Wildman–Crippen LogP) is 7.90. The maximum Gasteiger partial charge on any atom is 0.407 e. The molecule has 548 valence electrons. The van der Waals surface area contributed by atoms with E-state index in [1.165, 1.54) is 6.20 Å². The Morgan fingerprint density at radius 3 is 1.08 bits per heavy atom. The first-order chi connectivity index (χ1) is 49.8. The van der Waals surface area contributed by atoms with Crippen LogP contribution in [0.3, 0.4) is 0 Å². The van der Waals surface area contributed by atoms with Crippen molar-refractivity contribution in [2.75, 3.05) is 115 Å². The molecule has 0 aromatic carbocycles. The number of hydrogen-bond donors (Lipinski definition) is 8. The van der Waals surface area contributed by atoms with Gasteiger partial charge in [0.2, 0.25) is 29.0 Å². The highest BCUT2D eigenvalue weighted by Crippen LogP contribution is 2.28. The van der Waals surface area contributed by atoms with Crippen molar-refractivity contribution in [1.82, 2.24) is 50.5 Å². The van der Waals surface area contributed by atoms with Gasteiger partial charge in [0.05, 0.1) is 22.3 Å². The fourth-order valence-corrected chi connectivity index (χ4v) is 12.1. The normalized spacial score (nSPS) is 15.8. The molecule has 14 N–H and O–H groups in total. The summed E-state index contributed by atoms with van der Waals surface area (Å²) < 4.78 is 42.1. The molecule has 104 heavy (non-hydrogen) atoms. The van der Waals surface area contributed by atoms with Crippen LogP contribution in [0.25, 0.3) is 0 Å². The molecule has 1 atom stereocenters. The molecule has 1 unspecified atom stereocenters. The molecule has 0 bridgehead atoms. The lowest BCUT2D eigenvalue weighted by Crippen LogP contribution is -2.45. The summed E-state index contributed by atoms with van der Waals surface area (Å²) in [5.74, 6) is 3.23. The van der Waals surface area contributed by atoms with Crippen LogP contribution in [0.15, 0.2) is 146 Å². The second-order valence-corrected chi connectivity index (χ2v) is 26.5. The Labute approximate surface area is 601 Å². The number of amides is 2. The van der Waals surface area contributed by atoms with Gasteiger partial charge in [0.1, 0.15) is 81.3 Å². The van der Waals surface area contributed by atoms with Crippen LogP contribution >= 0.6 is 0 Å². The van der Waals surface area contributed by atoms with E-state index in [0.29, 0.717) is 96.4 Å². The molecule has 4 aliphatic rings. The molecule has 0 radical (unpaired) electrons. The van der Waals surface area contributed by atoms with E-state index in [9.17, 15) is 41.9 Å². The van der Waals surface area contributed by atoms with E-state index in [0.717, 1.165) is 95.4 Å². The van der Waals surface area contributed by atoms with Crippen molar-refractivity contribution < 1.29 is 46.7 Å². The summed E-state index contributed by atoms with van der Waals surface area (Å²) in [5.41, 5.74) is 36.8. The lowest BCUT2D eigenvalue weighted by Gasteiger charge is -2.33. The first-order valence-corrected chi connectivity index (χ1v) is 34.4. The third-order valence-electron chi connectivity index (χ3n) is 17.8. The summed E-state index contributed by atoms with van der Waals surface area (Å²) in [6.07, 6.45) is 5.80. The van der Waals surface area contributed by atoms with Crippen LogP contribution in [0.2, 0.25) is 0 Å². The molecule has 2 amide bonds. The Hall–Kier alpha value is -11.3. The number of rotatable bonds is 18. The number of anilines is 8. The lowest BCUT2D eigenvalue weighted by molar-refractivity contribution is -0.154. The molecule has 12 rings (SSSR count). The predicted molar refractivity (Wildman–Crippen MR) is 392 cm³/mol. The van der Waals surface area contributed by atoms with Gasteiger partial charge in [-0.05, 0) is 194 Å². The molecule has 8 aromatic heterocycles. The van der Waals surface area contributed by atoms with E-state index in [1.807, 2.05) is 62.1 Å². The fraction of sp³-hybridized carbons (Fsp3) is 0.378. The molecule has 4 aliphatic heterocycles. The number of ketones is 4. The minimum absolute atomic E-state index is 0.125. The van der Waals surface area contributed by atoms with Crippen LogP contribution in [-0.4, -0.2) is 165 Å². The molecule has 12 heterocycles. The van der Waals surface area contributed by atoms with Gasteiger partial charge in [-0.1, -0.05) is 24.3 Å². The zero-order valence-corrected chi connectivity index (χ0v) is 58.4. The first-order valence-electron chi connectivity index (χ1n) is 34.4. The largest absolute Gasteiger partial charge is 0.444 e. The highest BCUT2D eigenvalue weighted by molar-refractivity contribution is 6.12. The molecule has 4 saturated heterocycles. The maximum absolute atomic E-state index is 12.7. The Bertz CT molecular complexity index is 4250. The quantitative estimate of drug-likeness (QED) is 0.0378. The molecule has 30 heteroatoms. The average Bonchev–Trinajstić information content (AvgIpc) is 1.22. The second kappa shape index (κ2) is 36.0. The number of alkyl carbamates (subject to hydrolysis) is 1. The van der Waals surface area contributed by atoms with Gasteiger partial charge >= 0.3 is 12.3 Å². The van der Waals surface area contributed by atoms with Crippen molar-refractivity contribution in [3.05, 3.63) is 191 Å². The molecule has 27 nitrogen and oxygen atoms in total. The summed E-state index contributed by atoms with van der Waals surface area (Å²) >= 11 is 0. The van der Waals surface area contributed by atoms with E-state index in [2.05, 4.69) is 65.2 Å². The monoisotopic (exact) mass is 1430 g/mol. The number of halogens is 3. The molecule has 0 spiro atoms. The van der Waals surface area contributed by atoms with Gasteiger partial charge in [0.15, 0.2) is 0 Å². The number of hydrogen-bond acceptors (Lipinski definition) is 25. The van der Waals surface area contributed by atoms with E-state index in [4.69, 9.17) is 39.1 Å². The molecular weight excluding hydrogens is 1340 g/mol. The summed E-state index contributed by atoms with van der Waals surface area (Å²) in [7, 11) is 0. The van der Waals surface area contributed by atoms with Crippen molar-refractivity contribution in [2.24, 2.45) is 29.2 Å². The summed E-state index contributed by atoms with van der Waals surface area (Å²) in [5, 5.41) is 5.28. The van der Waals surface area contributed by atoms with Crippen LogP contribution in [0, 0.1) is 17.8 Å². The third-order valence-corrected chi connectivity index (χ3v) is 17.8. The zero-order valence-electron chi connectivity index (χ0n) is 58.4. The number of nitrogens with zero attached hydrogens (tertiary/aromatic N) is 12. The van der Waals surface area contributed by atoms with Crippen LogP contribution < -0.4 is 64.6 Å². The summed E-state index contributed by atoms with van der Waals surface area (Å²) in [6.45, 7) is 13.8. The standard InChI is InChI=1S/C22H29N5O3.C19H20F3N5O2.C17H21N5O.C16H19N5O/c1-22(2,3)30-21(29)25-14-15-9-12-27(13-10-15)18-8-4-7-17(26-18)19(28)16-6-5-11-24-20(16)23;20-19(21,22)11-16(28)25-12-6-9-27(10-7-12)15-5-1-4-14(26-15)17(29)13-3-2-8-24-18(13)23;18-11-12-6-9-22(10-7-12)15-5-1-4-14(21-15)16(23)13-3-2-8-20-17(13)19;17-9-11-6-8-21(10-11)14-5-1-4-13(20-14)15(22)12-3-2-7-19-16(12)18/h4-8,11,15H,9-10,12-14H2,1-3H3,(H2,23,24)(H,25,29);1-5,8,12H,6-7,9-11H2,(H2,23,24)(H,25,28);1-5,8,12H,6-7,9-11,18H2,(H2,19,20);1-5,7,11H,6,8-10,17H2,(H2,18,19). The number of nitrogens with two attached hydrogens (primary N) is 6. The highest BCUT2D eigenvalue weighted by Gasteiger charge is 2.33. The molecular formula is C74H89F3N20O7. The van der Waals surface area contributed by atoms with Crippen molar-refractivity contribution in [1.29, 1.82) is 0 Å². The molecule has 0 saturated carbocycles. The van der Waals surface area contributed by atoms with Crippen LogP contribution in [0.4, 0.5) is 64.5 Å². The second-order valence-electron chi connectivity index (χ2n) is 26.5. The molecule has 0 aliphatic carbocycles. The number of nitrogen functional groups attached to an aromatic ring is 4. The van der Waals surface area contributed by atoms with Crippen molar-refractivity contribution in [3.63, 3.8) is 0 Å². The van der Waals surface area contributed by atoms with Crippen LogP contribution in [0.1, 0.15) is 136 Å². The number of carbonyl (C=O) groups is 6. The van der Waals surface area contributed by atoms with Crippen LogP contribution in [-0.2, 0) is 9.53 Å². The fourth-order valence-electron chi connectivity index (χ4n) is 12.1. The maximum atomic E-state index is 12.7. The third kappa shape index (κ3) is 21.9. The van der Waals surface area contributed by atoms with Crippen molar-refractivity contribution >= 4 is 81.7 Å². The number of piperidine rings is 3. The summed E-state index contributed by atoms with van der Waals surface area (Å²) in [6, 6.07) is 34.4. The van der Waals surface area contributed by atoms with Crippen LogP contribution in [0.5, 0.6) is 0 Å². The number of ether oxygens (including phenoxy) is 1. The van der Waals surface area contributed by atoms with Gasteiger partial charge in [-0.15, -0.1) is 0 Å². The lowest BCUT2D eigenvalue weighted by atomic mass is 9.97. The summed E-state index contributed by atoms with van der Waals surface area (Å²) in [4.78, 5) is 116. The van der Waals surface area contributed by atoms with E-state index >= 15 is 0 Å². The Balaban J connectivity index is 0.000000162. The number of aromatic nitrogens is 8. The van der Waals surface area contributed by atoms with E-state index < -0.39 is 24.1 Å². The highest BCUT2D eigenvalue weighted by atomic mass is 19.4. The number of alkyl halides is 3. The smallest absolute Gasteiger partial charge is 0.407 e. The molecule has 8 aromatic rings. The Kier molecular flexibility index (Phi) is 26.7. The van der Waals surface area contributed by atoms with Gasteiger partial charge in [-0.3, -0.25) is 24.0 Å². The first kappa shape index (κ1) is 76.9. The van der Waals surface area contributed by atoms with Gasteiger partial charge in [-0.2, -0.15) is 13.2 Å². The minimum atomic E-state index is -4.51. The SMILES string of the molecule is CC(C)(C)OC(=O)NCC1CCN(c2cccc(C(=O)c3cccnc3N)n2)CC1.NCC1CCN(c2cccc(C(=O)c3cccnc3N)n2)C1.NCC1CCN(c2cccc(C(=O)c3cccnc3N)n2)CC1.Nc1ncccc1C(=O)c1cccc(N2CCC(NC(=O)CC(F)(F)F)CC2)n1.